The van der Waals surface area contributed by atoms with E-state index < -0.39 is 5.95 Å². The molecule has 0 bridgehead atoms. The maximum absolute atomic E-state index is 12.8. The first-order chi connectivity index (χ1) is 7.74. The lowest BCUT2D eigenvalue weighted by atomic mass is 10.3. The minimum Gasteiger partial charge on any atom is -0.349 e. The zero-order chi connectivity index (χ0) is 11.4. The second-order valence-electron chi connectivity index (χ2n) is 3.39. The van der Waals surface area contributed by atoms with Gasteiger partial charge in [-0.15, -0.1) is 0 Å². The Kier molecular flexibility index (Phi) is 3.05. The van der Waals surface area contributed by atoms with E-state index in [4.69, 9.17) is 0 Å². The first kappa shape index (κ1) is 10.5. The Hall–Kier alpha value is -2.04. The molecule has 5 heteroatoms. The van der Waals surface area contributed by atoms with Crippen LogP contribution in [0.15, 0.2) is 30.6 Å². The Morgan fingerprint density at radius 3 is 2.69 bits per heavy atom. The predicted octanol–water partition coefficient (Wildman–Crippen LogP) is 1.93. The highest BCUT2D eigenvalue weighted by Gasteiger charge is 1.98. The third-order valence-electron chi connectivity index (χ3n) is 1.98. The average molecular weight is 218 g/mol. The van der Waals surface area contributed by atoms with Gasteiger partial charge in [0.1, 0.15) is 0 Å². The van der Waals surface area contributed by atoms with Crippen molar-refractivity contribution in [2.45, 2.75) is 13.5 Å². The van der Waals surface area contributed by atoms with E-state index in [-0.39, 0.29) is 0 Å². The van der Waals surface area contributed by atoms with Crippen molar-refractivity contribution < 1.29 is 4.39 Å². The van der Waals surface area contributed by atoms with Crippen LogP contribution < -0.4 is 5.32 Å². The molecule has 0 fully saturated rings. The Morgan fingerprint density at radius 1 is 1.25 bits per heavy atom. The molecule has 0 saturated heterocycles. The Balaban J connectivity index is 1.99. The predicted molar refractivity (Wildman–Crippen MR) is 58.3 cm³/mol. The number of anilines is 1. The summed E-state index contributed by atoms with van der Waals surface area (Å²) in [6.07, 6.45) is 3.43. The van der Waals surface area contributed by atoms with Crippen LogP contribution in [0.25, 0.3) is 0 Å². The summed E-state index contributed by atoms with van der Waals surface area (Å²) in [7, 11) is 0. The fourth-order valence-electron chi connectivity index (χ4n) is 1.20. The molecule has 0 aliphatic carbocycles. The highest BCUT2D eigenvalue weighted by molar-refractivity contribution is 5.25. The first-order valence-corrected chi connectivity index (χ1v) is 4.88. The van der Waals surface area contributed by atoms with E-state index in [2.05, 4.69) is 20.3 Å². The van der Waals surface area contributed by atoms with Gasteiger partial charge in [0.25, 0.3) is 0 Å². The van der Waals surface area contributed by atoms with E-state index in [1.54, 1.807) is 24.5 Å². The molecule has 0 amide bonds. The van der Waals surface area contributed by atoms with E-state index >= 15 is 0 Å². The molecule has 0 aromatic carbocycles. The topological polar surface area (TPSA) is 50.7 Å². The minimum absolute atomic E-state index is 0.404. The summed E-state index contributed by atoms with van der Waals surface area (Å²) >= 11 is 0. The number of aromatic nitrogens is 3. The van der Waals surface area contributed by atoms with Gasteiger partial charge in [0.05, 0.1) is 12.2 Å². The molecule has 0 aliphatic heterocycles. The summed E-state index contributed by atoms with van der Waals surface area (Å²) < 4.78 is 12.8. The van der Waals surface area contributed by atoms with E-state index in [1.807, 2.05) is 6.92 Å². The summed E-state index contributed by atoms with van der Waals surface area (Å²) in [6.45, 7) is 2.32. The molecule has 0 spiro atoms. The number of hydrogen-bond acceptors (Lipinski definition) is 4. The van der Waals surface area contributed by atoms with Gasteiger partial charge in [-0.25, -0.2) is 15.0 Å². The number of nitrogens with zero attached hydrogens (tertiary/aromatic N) is 3. The van der Waals surface area contributed by atoms with E-state index in [0.29, 0.717) is 18.2 Å². The second kappa shape index (κ2) is 4.65. The average Bonchev–Trinajstić information content (AvgIpc) is 2.28. The van der Waals surface area contributed by atoms with Gasteiger partial charge in [-0.2, -0.15) is 4.39 Å². The highest BCUT2D eigenvalue weighted by Crippen LogP contribution is 2.02. The lowest BCUT2D eigenvalue weighted by Gasteiger charge is -2.03. The van der Waals surface area contributed by atoms with Crippen molar-refractivity contribution >= 4 is 5.95 Å². The van der Waals surface area contributed by atoms with Crippen molar-refractivity contribution in [2.75, 3.05) is 5.32 Å². The normalized spacial score (nSPS) is 10.1. The van der Waals surface area contributed by atoms with Crippen molar-refractivity contribution in [2.24, 2.45) is 0 Å². The quantitative estimate of drug-likeness (QED) is 0.800. The molecule has 2 heterocycles. The number of halogens is 1. The van der Waals surface area contributed by atoms with E-state index in [1.165, 1.54) is 6.07 Å². The molecule has 0 radical (unpaired) electrons. The lowest BCUT2D eigenvalue weighted by molar-refractivity contribution is 0.577. The van der Waals surface area contributed by atoms with Crippen LogP contribution in [-0.4, -0.2) is 15.0 Å². The number of pyridine rings is 1. The maximum atomic E-state index is 12.8. The SMILES string of the molecule is Cc1cnc(NCc2cccc(F)n2)nc1. The molecular weight excluding hydrogens is 207 g/mol. The maximum Gasteiger partial charge on any atom is 0.222 e. The lowest BCUT2D eigenvalue weighted by Crippen LogP contribution is -2.05. The molecular formula is C11H11FN4. The summed E-state index contributed by atoms with van der Waals surface area (Å²) in [5.41, 5.74) is 1.61. The van der Waals surface area contributed by atoms with Crippen LogP contribution in [-0.2, 0) is 6.54 Å². The zero-order valence-electron chi connectivity index (χ0n) is 8.81. The Morgan fingerprint density at radius 2 is 2.00 bits per heavy atom. The number of rotatable bonds is 3. The van der Waals surface area contributed by atoms with Crippen molar-refractivity contribution in [3.8, 4) is 0 Å². The first-order valence-electron chi connectivity index (χ1n) is 4.88. The van der Waals surface area contributed by atoms with Crippen molar-refractivity contribution in [1.29, 1.82) is 0 Å². The summed E-state index contributed by atoms with van der Waals surface area (Å²) in [5.74, 6) is 0.0285. The summed E-state index contributed by atoms with van der Waals surface area (Å²) in [5, 5.41) is 2.96. The van der Waals surface area contributed by atoms with Gasteiger partial charge in [-0.3, -0.25) is 0 Å². The van der Waals surface area contributed by atoms with Crippen LogP contribution in [0.5, 0.6) is 0 Å². The van der Waals surface area contributed by atoms with Crippen LogP contribution in [0.3, 0.4) is 0 Å². The standard InChI is InChI=1S/C11H11FN4/c1-8-5-13-11(14-6-8)15-7-9-3-2-4-10(12)16-9/h2-6H,7H2,1H3,(H,13,14,15). The molecule has 0 unspecified atom stereocenters. The van der Waals surface area contributed by atoms with Crippen LogP contribution >= 0.6 is 0 Å². The number of hydrogen-bond donors (Lipinski definition) is 1. The van der Waals surface area contributed by atoms with E-state index in [9.17, 15) is 4.39 Å². The Bertz CT molecular complexity index is 470. The fraction of sp³-hybridized carbons (Fsp3) is 0.182. The van der Waals surface area contributed by atoms with E-state index in [0.717, 1.165) is 5.56 Å². The smallest absolute Gasteiger partial charge is 0.222 e. The molecule has 4 nitrogen and oxygen atoms in total. The van der Waals surface area contributed by atoms with Crippen LogP contribution in [0.2, 0.25) is 0 Å². The minimum atomic E-state index is -0.482. The van der Waals surface area contributed by atoms with Gasteiger partial charge in [-0.1, -0.05) is 6.07 Å². The van der Waals surface area contributed by atoms with Crippen LogP contribution in [0.4, 0.5) is 10.3 Å². The Labute approximate surface area is 92.6 Å². The molecule has 2 rings (SSSR count). The molecule has 0 atom stereocenters. The molecule has 1 N–H and O–H groups in total. The highest BCUT2D eigenvalue weighted by atomic mass is 19.1. The monoisotopic (exact) mass is 218 g/mol. The molecule has 0 aliphatic rings. The van der Waals surface area contributed by atoms with Gasteiger partial charge in [0, 0.05) is 12.4 Å². The molecule has 2 aromatic heterocycles. The van der Waals surface area contributed by atoms with Gasteiger partial charge in [0.15, 0.2) is 0 Å². The largest absolute Gasteiger partial charge is 0.349 e. The third kappa shape index (κ3) is 2.73. The van der Waals surface area contributed by atoms with Crippen LogP contribution in [0.1, 0.15) is 11.3 Å². The fourth-order valence-corrected chi connectivity index (χ4v) is 1.20. The molecule has 2 aromatic rings. The second-order valence-corrected chi connectivity index (χ2v) is 3.39. The van der Waals surface area contributed by atoms with Gasteiger partial charge < -0.3 is 5.32 Å². The van der Waals surface area contributed by atoms with Crippen LogP contribution in [0, 0.1) is 12.9 Å². The van der Waals surface area contributed by atoms with Gasteiger partial charge in [-0.05, 0) is 24.6 Å². The zero-order valence-corrected chi connectivity index (χ0v) is 8.81. The van der Waals surface area contributed by atoms with Crippen molar-refractivity contribution in [3.63, 3.8) is 0 Å². The summed E-state index contributed by atoms with van der Waals surface area (Å²) in [6, 6.07) is 4.67. The van der Waals surface area contributed by atoms with Crippen molar-refractivity contribution in [3.05, 3.63) is 47.8 Å². The molecule has 82 valence electrons. The molecule has 0 saturated carbocycles. The number of aryl methyl sites for hydroxylation is 1. The third-order valence-corrected chi connectivity index (χ3v) is 1.98. The summed E-state index contributed by atoms with van der Waals surface area (Å²) in [4.78, 5) is 11.9. The molecule has 16 heavy (non-hydrogen) atoms. The van der Waals surface area contributed by atoms with Gasteiger partial charge >= 0.3 is 0 Å². The number of nitrogens with one attached hydrogen (secondary N) is 1. The van der Waals surface area contributed by atoms with Gasteiger partial charge in [0.2, 0.25) is 11.9 Å². The van der Waals surface area contributed by atoms with Crippen molar-refractivity contribution in [1.82, 2.24) is 15.0 Å².